The molecule has 0 atom stereocenters. The molecule has 20 heavy (non-hydrogen) atoms. The number of aromatic amines is 1. The second-order valence-electron chi connectivity index (χ2n) is 4.51. The van der Waals surface area contributed by atoms with E-state index in [1.165, 1.54) is 28.3 Å². The molecule has 0 aliphatic carbocycles. The number of hydrogen-bond donors (Lipinski definition) is 3. The first-order chi connectivity index (χ1) is 9.46. The molecule has 112 valence electrons. The minimum Gasteiger partial charge on any atom is -0.409 e. The Labute approximate surface area is 121 Å². The Balaban J connectivity index is 2.16. The zero-order valence-electron chi connectivity index (χ0n) is 11.0. The van der Waals surface area contributed by atoms with Crippen LogP contribution < -0.4 is 5.73 Å². The van der Waals surface area contributed by atoms with Gasteiger partial charge in [0, 0.05) is 13.1 Å². The lowest BCUT2D eigenvalue weighted by Crippen LogP contribution is -2.51. The van der Waals surface area contributed by atoms with E-state index in [1.807, 2.05) is 6.26 Å². The normalized spacial score (nSPS) is 20.9. The van der Waals surface area contributed by atoms with Gasteiger partial charge in [-0.1, -0.05) is 5.16 Å². The van der Waals surface area contributed by atoms with Crippen LogP contribution in [-0.2, 0) is 10.0 Å². The van der Waals surface area contributed by atoms with Crippen LogP contribution in [-0.4, -0.2) is 58.1 Å². The van der Waals surface area contributed by atoms with E-state index in [4.69, 9.17) is 10.9 Å². The molecule has 2 rings (SSSR count). The van der Waals surface area contributed by atoms with Crippen molar-refractivity contribution < 1.29 is 13.6 Å². The van der Waals surface area contributed by atoms with Crippen molar-refractivity contribution in [2.45, 2.75) is 22.6 Å². The van der Waals surface area contributed by atoms with E-state index in [-0.39, 0.29) is 10.9 Å². The average Bonchev–Trinajstić information content (AvgIpc) is 3.01. The molecular formula is C10H17N5O3S2. The number of nitrogens with zero attached hydrogens (tertiary/aromatic N) is 3. The van der Waals surface area contributed by atoms with Crippen molar-refractivity contribution in [1.82, 2.24) is 14.5 Å². The highest BCUT2D eigenvalue weighted by Gasteiger charge is 2.41. The van der Waals surface area contributed by atoms with Crippen LogP contribution in [0, 0.1) is 0 Å². The van der Waals surface area contributed by atoms with Crippen LogP contribution in [0.5, 0.6) is 0 Å². The number of H-pyrrole nitrogens is 1. The van der Waals surface area contributed by atoms with Crippen molar-refractivity contribution in [2.24, 2.45) is 10.9 Å². The molecule has 1 aliphatic rings. The molecule has 0 aromatic carbocycles. The highest BCUT2D eigenvalue weighted by Crippen LogP contribution is 2.36. The summed E-state index contributed by atoms with van der Waals surface area (Å²) in [7, 11) is -3.55. The van der Waals surface area contributed by atoms with Crippen LogP contribution in [0.15, 0.2) is 22.4 Å². The molecule has 10 heteroatoms. The van der Waals surface area contributed by atoms with Crippen LogP contribution in [0.2, 0.25) is 0 Å². The van der Waals surface area contributed by atoms with E-state index in [0.717, 1.165) is 0 Å². The van der Waals surface area contributed by atoms with E-state index in [1.54, 1.807) is 0 Å². The van der Waals surface area contributed by atoms with Crippen LogP contribution >= 0.6 is 11.8 Å². The molecule has 8 nitrogen and oxygen atoms in total. The topological polar surface area (TPSA) is 125 Å². The van der Waals surface area contributed by atoms with Crippen LogP contribution in [0.1, 0.15) is 12.8 Å². The number of rotatable bonds is 4. The standard InChI is InChI=1S/C10H17N5O3S2/c1-19-10(9(11)14-16)3-6-15(7-4-10)20(17,18)8-2-5-12-13-8/h2,5,16H,3-4,6-7H2,1H3,(H2,11,14)(H,12,13). The first-order valence-electron chi connectivity index (χ1n) is 5.99. The van der Waals surface area contributed by atoms with Gasteiger partial charge in [0.05, 0.1) is 10.9 Å². The summed E-state index contributed by atoms with van der Waals surface area (Å²) in [5.74, 6) is 0.142. The zero-order chi connectivity index (χ0) is 14.8. The van der Waals surface area contributed by atoms with Crippen molar-refractivity contribution in [3.8, 4) is 0 Å². The van der Waals surface area contributed by atoms with Crippen molar-refractivity contribution in [1.29, 1.82) is 0 Å². The Morgan fingerprint density at radius 2 is 2.25 bits per heavy atom. The number of nitrogens with one attached hydrogen (secondary N) is 1. The van der Waals surface area contributed by atoms with E-state index >= 15 is 0 Å². The number of sulfonamides is 1. The van der Waals surface area contributed by atoms with Gasteiger partial charge < -0.3 is 10.9 Å². The Morgan fingerprint density at radius 3 is 2.70 bits per heavy atom. The number of oxime groups is 1. The van der Waals surface area contributed by atoms with Crippen LogP contribution in [0.4, 0.5) is 0 Å². The lowest BCUT2D eigenvalue weighted by atomic mass is 9.96. The van der Waals surface area contributed by atoms with Gasteiger partial charge in [0.15, 0.2) is 10.9 Å². The second-order valence-corrected chi connectivity index (χ2v) is 7.60. The maximum Gasteiger partial charge on any atom is 0.259 e. The summed E-state index contributed by atoms with van der Waals surface area (Å²) in [6.07, 6.45) is 4.27. The first kappa shape index (κ1) is 15.1. The summed E-state index contributed by atoms with van der Waals surface area (Å²) >= 11 is 1.48. The molecule has 2 heterocycles. The number of nitrogens with two attached hydrogens (primary N) is 1. The zero-order valence-corrected chi connectivity index (χ0v) is 12.6. The van der Waals surface area contributed by atoms with Gasteiger partial charge in [-0.25, -0.2) is 8.42 Å². The Kier molecular flexibility index (Phi) is 4.25. The predicted molar refractivity (Wildman–Crippen MR) is 76.2 cm³/mol. The smallest absolute Gasteiger partial charge is 0.259 e. The number of aromatic nitrogens is 2. The van der Waals surface area contributed by atoms with Crippen molar-refractivity contribution in [3.63, 3.8) is 0 Å². The molecule has 4 N–H and O–H groups in total. The van der Waals surface area contributed by atoms with Crippen molar-refractivity contribution in [3.05, 3.63) is 12.3 Å². The van der Waals surface area contributed by atoms with Gasteiger partial charge in [0.2, 0.25) is 0 Å². The number of thioether (sulfide) groups is 1. The summed E-state index contributed by atoms with van der Waals surface area (Å²) in [6.45, 7) is 0.636. The largest absolute Gasteiger partial charge is 0.409 e. The molecule has 0 saturated carbocycles. The maximum absolute atomic E-state index is 12.3. The molecule has 1 saturated heterocycles. The molecule has 1 aromatic rings. The summed E-state index contributed by atoms with van der Waals surface area (Å²) in [5.41, 5.74) is 5.74. The number of hydrogen-bond acceptors (Lipinski definition) is 6. The quantitative estimate of drug-likeness (QED) is 0.311. The first-order valence-corrected chi connectivity index (χ1v) is 8.65. The van der Waals surface area contributed by atoms with E-state index in [9.17, 15) is 8.42 Å². The molecule has 0 radical (unpaired) electrons. The van der Waals surface area contributed by atoms with E-state index in [0.29, 0.717) is 25.9 Å². The summed E-state index contributed by atoms with van der Waals surface area (Å²) in [5, 5.41) is 18.2. The Bertz CT molecular complexity index is 576. The third-order valence-electron chi connectivity index (χ3n) is 3.59. The average molecular weight is 319 g/mol. The number of piperidine rings is 1. The van der Waals surface area contributed by atoms with Gasteiger partial charge in [-0.2, -0.15) is 21.2 Å². The lowest BCUT2D eigenvalue weighted by molar-refractivity contribution is 0.300. The molecule has 1 aliphatic heterocycles. The fourth-order valence-corrected chi connectivity index (χ4v) is 4.45. The summed E-state index contributed by atoms with van der Waals surface area (Å²) in [6, 6.07) is 1.43. The fraction of sp³-hybridized carbons (Fsp3) is 0.600. The molecule has 0 unspecified atom stereocenters. The lowest BCUT2D eigenvalue weighted by Gasteiger charge is -2.38. The minimum atomic E-state index is -3.55. The van der Waals surface area contributed by atoms with Crippen LogP contribution in [0.25, 0.3) is 0 Å². The SMILES string of the molecule is CSC1(C(N)=NO)CCN(S(=O)(=O)c2ccn[nH]2)CC1. The summed E-state index contributed by atoms with van der Waals surface area (Å²) in [4.78, 5) is 0. The highest BCUT2D eigenvalue weighted by molar-refractivity contribution is 8.00. The molecular weight excluding hydrogens is 302 g/mol. The van der Waals surface area contributed by atoms with Crippen molar-refractivity contribution in [2.75, 3.05) is 19.3 Å². The third kappa shape index (κ3) is 2.50. The molecule has 0 bridgehead atoms. The second kappa shape index (κ2) is 5.62. The molecule has 1 aromatic heterocycles. The van der Waals surface area contributed by atoms with E-state index < -0.39 is 14.8 Å². The fourth-order valence-electron chi connectivity index (χ4n) is 2.27. The highest BCUT2D eigenvalue weighted by atomic mass is 32.2. The minimum absolute atomic E-state index is 0.0814. The summed E-state index contributed by atoms with van der Waals surface area (Å²) < 4.78 is 25.5. The molecule has 0 spiro atoms. The Hall–Kier alpha value is -1.26. The van der Waals surface area contributed by atoms with E-state index in [2.05, 4.69) is 15.4 Å². The molecule has 1 fully saturated rings. The predicted octanol–water partition coefficient (Wildman–Crippen LogP) is 0.0424. The van der Waals surface area contributed by atoms with Gasteiger partial charge in [-0.3, -0.25) is 5.10 Å². The monoisotopic (exact) mass is 319 g/mol. The van der Waals surface area contributed by atoms with Crippen molar-refractivity contribution >= 4 is 27.6 Å². The third-order valence-corrected chi connectivity index (χ3v) is 6.82. The van der Waals surface area contributed by atoms with Gasteiger partial charge in [0.1, 0.15) is 0 Å². The van der Waals surface area contributed by atoms with Crippen LogP contribution in [0.3, 0.4) is 0 Å². The molecule has 0 amide bonds. The number of amidine groups is 1. The van der Waals surface area contributed by atoms with Gasteiger partial charge in [0.25, 0.3) is 10.0 Å². The Morgan fingerprint density at radius 1 is 1.60 bits per heavy atom. The van der Waals surface area contributed by atoms with Gasteiger partial charge in [-0.05, 0) is 25.2 Å². The van der Waals surface area contributed by atoms with Gasteiger partial charge >= 0.3 is 0 Å². The maximum atomic E-state index is 12.3. The van der Waals surface area contributed by atoms with Gasteiger partial charge in [-0.15, -0.1) is 0 Å².